The fourth-order valence-electron chi connectivity index (χ4n) is 3.85. The summed E-state index contributed by atoms with van der Waals surface area (Å²) in [6.45, 7) is 6.35. The number of ether oxygens (including phenoxy) is 1. The van der Waals surface area contributed by atoms with Crippen molar-refractivity contribution in [3.8, 4) is 0 Å². The lowest BCUT2D eigenvalue weighted by atomic mass is 9.78. The summed E-state index contributed by atoms with van der Waals surface area (Å²) in [5.74, 6) is 0. The van der Waals surface area contributed by atoms with Crippen LogP contribution in [-0.4, -0.2) is 28.2 Å². The van der Waals surface area contributed by atoms with E-state index < -0.39 is 11.2 Å². The number of rotatable bonds is 6. The van der Waals surface area contributed by atoms with Gasteiger partial charge in [0.2, 0.25) is 0 Å². The Hall–Kier alpha value is -1.85. The predicted molar refractivity (Wildman–Crippen MR) is 114 cm³/mol. The summed E-state index contributed by atoms with van der Waals surface area (Å²) < 4.78 is 7.10. The molecule has 5 heteroatoms. The van der Waals surface area contributed by atoms with Gasteiger partial charge in [0.05, 0.1) is 11.6 Å². The Kier molecular flexibility index (Phi) is 6.15. The monoisotopic (exact) mass is 445 g/mol. The molecular weight excluding hydrogens is 418 g/mol. The van der Waals surface area contributed by atoms with Gasteiger partial charge in [0.1, 0.15) is 5.60 Å². The Bertz CT molecular complexity index is 806. The molecule has 3 atom stereocenters. The fourth-order valence-corrected chi connectivity index (χ4v) is 4.12. The van der Waals surface area contributed by atoms with Gasteiger partial charge in [-0.2, -0.15) is 0 Å². The van der Waals surface area contributed by atoms with Crippen LogP contribution in [0.5, 0.6) is 0 Å². The Morgan fingerprint density at radius 2 is 1.86 bits per heavy atom. The van der Waals surface area contributed by atoms with E-state index in [-0.39, 0.29) is 12.1 Å². The van der Waals surface area contributed by atoms with Crippen molar-refractivity contribution < 1.29 is 14.6 Å². The van der Waals surface area contributed by atoms with Crippen LogP contribution in [0.2, 0.25) is 0 Å². The molecule has 2 aromatic rings. The quantitative estimate of drug-likeness (QED) is 0.610. The second-order valence-corrected chi connectivity index (χ2v) is 8.84. The Labute approximate surface area is 175 Å². The van der Waals surface area contributed by atoms with Crippen molar-refractivity contribution in [3.05, 3.63) is 70.2 Å². The third-order valence-corrected chi connectivity index (χ3v) is 6.35. The summed E-state index contributed by atoms with van der Waals surface area (Å²) in [6.07, 6.45) is 1.28. The summed E-state index contributed by atoms with van der Waals surface area (Å²) in [4.78, 5) is 14.8. The summed E-state index contributed by atoms with van der Waals surface area (Å²) in [5.41, 5.74) is 0.282. The molecule has 1 fully saturated rings. The molecule has 1 heterocycles. The molecule has 3 rings (SSSR count). The van der Waals surface area contributed by atoms with Gasteiger partial charge in [-0.15, -0.1) is 0 Å². The minimum atomic E-state index is -0.907. The van der Waals surface area contributed by atoms with Crippen molar-refractivity contribution in [1.29, 1.82) is 0 Å². The highest BCUT2D eigenvalue weighted by molar-refractivity contribution is 9.10. The first kappa shape index (κ1) is 20.9. The SMILES string of the molecule is CCC(C)(O)CC1(c2ccccc2)CCN(C(C)c2ccc(Br)cc2)C(=O)O1. The molecule has 28 heavy (non-hydrogen) atoms. The third-order valence-electron chi connectivity index (χ3n) is 5.82. The highest BCUT2D eigenvalue weighted by atomic mass is 79.9. The van der Waals surface area contributed by atoms with Crippen molar-refractivity contribution in [2.24, 2.45) is 0 Å². The molecule has 0 aliphatic carbocycles. The van der Waals surface area contributed by atoms with Crippen LogP contribution in [0.3, 0.4) is 0 Å². The van der Waals surface area contributed by atoms with Gasteiger partial charge in [0.15, 0.2) is 0 Å². The maximum Gasteiger partial charge on any atom is 0.411 e. The first-order chi connectivity index (χ1) is 13.3. The van der Waals surface area contributed by atoms with Crippen molar-refractivity contribution in [2.45, 2.75) is 57.3 Å². The van der Waals surface area contributed by atoms with Crippen LogP contribution in [-0.2, 0) is 10.3 Å². The molecular formula is C23H28BrNO3. The van der Waals surface area contributed by atoms with Crippen LogP contribution in [0, 0.1) is 0 Å². The van der Waals surface area contributed by atoms with Gasteiger partial charge in [0.25, 0.3) is 0 Å². The number of hydrogen-bond acceptors (Lipinski definition) is 3. The minimum absolute atomic E-state index is 0.0824. The van der Waals surface area contributed by atoms with Crippen LogP contribution >= 0.6 is 15.9 Å². The number of aliphatic hydroxyl groups is 1. The molecule has 1 aliphatic rings. The van der Waals surface area contributed by atoms with E-state index in [1.807, 2.05) is 75.4 Å². The molecule has 1 aliphatic heterocycles. The Morgan fingerprint density at radius 1 is 1.21 bits per heavy atom. The zero-order valence-electron chi connectivity index (χ0n) is 16.7. The average Bonchev–Trinajstić information content (AvgIpc) is 2.68. The van der Waals surface area contributed by atoms with Gasteiger partial charge in [-0.25, -0.2) is 4.79 Å². The zero-order valence-corrected chi connectivity index (χ0v) is 18.3. The molecule has 0 spiro atoms. The molecule has 4 nitrogen and oxygen atoms in total. The van der Waals surface area contributed by atoms with E-state index in [2.05, 4.69) is 15.9 Å². The highest BCUT2D eigenvalue weighted by Gasteiger charge is 2.46. The van der Waals surface area contributed by atoms with Gasteiger partial charge in [0, 0.05) is 23.9 Å². The van der Waals surface area contributed by atoms with E-state index in [1.54, 1.807) is 4.90 Å². The highest BCUT2D eigenvalue weighted by Crippen LogP contribution is 2.43. The molecule has 150 valence electrons. The molecule has 1 saturated heterocycles. The smallest absolute Gasteiger partial charge is 0.411 e. The number of amides is 1. The lowest BCUT2D eigenvalue weighted by Gasteiger charge is -2.46. The van der Waals surface area contributed by atoms with Crippen LogP contribution < -0.4 is 0 Å². The largest absolute Gasteiger partial charge is 0.438 e. The third kappa shape index (κ3) is 4.41. The number of benzene rings is 2. The summed E-state index contributed by atoms with van der Waals surface area (Å²) in [7, 11) is 0. The zero-order chi connectivity index (χ0) is 20.4. The number of nitrogens with zero attached hydrogens (tertiary/aromatic N) is 1. The summed E-state index contributed by atoms with van der Waals surface area (Å²) in [6, 6.07) is 17.7. The standard InChI is InChI=1S/C23H28BrNO3/c1-4-22(3,27)16-23(19-8-6-5-7-9-19)14-15-25(21(26)28-23)17(2)18-10-12-20(24)13-11-18/h5-13,17,27H,4,14-16H2,1-3H3. The molecule has 3 unspecified atom stereocenters. The van der Waals surface area contributed by atoms with Crippen molar-refractivity contribution in [2.75, 3.05) is 6.54 Å². The van der Waals surface area contributed by atoms with E-state index in [1.165, 1.54) is 0 Å². The van der Waals surface area contributed by atoms with Gasteiger partial charge in [-0.1, -0.05) is 65.3 Å². The van der Waals surface area contributed by atoms with E-state index in [4.69, 9.17) is 4.74 Å². The molecule has 0 radical (unpaired) electrons. The first-order valence-corrected chi connectivity index (χ1v) is 10.6. The van der Waals surface area contributed by atoms with Gasteiger partial charge in [-0.3, -0.25) is 0 Å². The van der Waals surface area contributed by atoms with E-state index in [0.717, 1.165) is 15.6 Å². The maximum absolute atomic E-state index is 13.1. The summed E-state index contributed by atoms with van der Waals surface area (Å²) >= 11 is 3.45. The second-order valence-electron chi connectivity index (χ2n) is 7.93. The van der Waals surface area contributed by atoms with Gasteiger partial charge < -0.3 is 14.7 Å². The number of cyclic esters (lactones) is 1. The molecule has 0 saturated carbocycles. The lowest BCUT2D eigenvalue weighted by molar-refractivity contribution is -0.106. The molecule has 0 aromatic heterocycles. The number of carbonyl (C=O) groups is 1. The van der Waals surface area contributed by atoms with E-state index in [9.17, 15) is 9.90 Å². The number of carbonyl (C=O) groups excluding carboxylic acids is 1. The normalized spacial score (nSPS) is 23.0. The van der Waals surface area contributed by atoms with Crippen LogP contribution in [0.1, 0.15) is 57.2 Å². The average molecular weight is 446 g/mol. The van der Waals surface area contributed by atoms with Gasteiger partial charge >= 0.3 is 6.09 Å². The van der Waals surface area contributed by atoms with Gasteiger partial charge in [-0.05, 0) is 43.5 Å². The Morgan fingerprint density at radius 3 is 2.43 bits per heavy atom. The molecule has 1 amide bonds. The Balaban J connectivity index is 1.86. The molecule has 1 N–H and O–H groups in total. The minimum Gasteiger partial charge on any atom is -0.438 e. The van der Waals surface area contributed by atoms with Crippen molar-refractivity contribution in [3.63, 3.8) is 0 Å². The molecule has 0 bridgehead atoms. The molecule has 2 aromatic carbocycles. The van der Waals surface area contributed by atoms with Crippen LogP contribution in [0.15, 0.2) is 59.1 Å². The number of halogens is 1. The first-order valence-electron chi connectivity index (χ1n) is 9.79. The topological polar surface area (TPSA) is 49.8 Å². The second kappa shape index (κ2) is 8.26. The fraction of sp³-hybridized carbons (Fsp3) is 0.435. The van der Waals surface area contributed by atoms with E-state index in [0.29, 0.717) is 25.8 Å². The van der Waals surface area contributed by atoms with Crippen molar-refractivity contribution in [1.82, 2.24) is 4.90 Å². The van der Waals surface area contributed by atoms with E-state index >= 15 is 0 Å². The lowest BCUT2D eigenvalue weighted by Crippen LogP contribution is -2.51. The predicted octanol–water partition coefficient (Wildman–Crippen LogP) is 5.80. The van der Waals surface area contributed by atoms with Crippen LogP contribution in [0.25, 0.3) is 0 Å². The van der Waals surface area contributed by atoms with Crippen LogP contribution in [0.4, 0.5) is 4.79 Å². The van der Waals surface area contributed by atoms with Crippen molar-refractivity contribution >= 4 is 22.0 Å². The maximum atomic E-state index is 13.1. The number of hydrogen-bond donors (Lipinski definition) is 1. The summed E-state index contributed by atoms with van der Waals surface area (Å²) in [5, 5.41) is 10.8.